The number of aliphatic hydroxyl groups excluding tert-OH is 30. The summed E-state index contributed by atoms with van der Waals surface area (Å²) in [5.41, 5.74) is -0.201. The van der Waals surface area contributed by atoms with E-state index in [1.165, 1.54) is 12.4 Å². The Balaban J connectivity index is 0.000000573. The molecule has 4 rings (SSSR count). The highest BCUT2D eigenvalue weighted by molar-refractivity contribution is 5.13. The van der Waals surface area contributed by atoms with E-state index >= 15 is 0 Å². The quantitative estimate of drug-likeness (QED) is 0.0216. The molecule has 4 aromatic heterocycles. The van der Waals surface area contributed by atoms with Crippen LogP contribution in [-0.2, 0) is 12.8 Å². The standard InChI is InChI=1S/2C12H20N2O8.2C12H20N2O7/c2*15-3-7(17)11(21)9(19)5-1-13-6(2-14-5)10(20)12(22)8(18)4-16;2*15-4-9(18)8(17)1-6-2-13-3-7(14-6)11(20)12(21)10(19)5-16/h2*1-2,7-12,15-22H,3-4H2;2*2-3,8-12,15-21H,1,4-5H2/t7-,8-,9+,10+,11+,12+;7-,8-,9-,10-,11+,12+;8-,9-,10-,11+,12+;8-,9-,10-,11-,12-/m0101/s1. The lowest BCUT2D eigenvalue weighted by Gasteiger charge is -2.22. The summed E-state index contributed by atoms with van der Waals surface area (Å²) in [5, 5.41) is 279. The van der Waals surface area contributed by atoms with E-state index in [1.54, 1.807) is 0 Å². The van der Waals surface area contributed by atoms with Crippen LogP contribution in [0, 0.1) is 0 Å². The van der Waals surface area contributed by atoms with E-state index in [0.29, 0.717) is 0 Å². The Bertz CT molecular complexity index is 2170. The van der Waals surface area contributed by atoms with Gasteiger partial charge in [0.15, 0.2) is 0 Å². The van der Waals surface area contributed by atoms with Crippen LogP contribution in [-0.4, -0.2) is 344 Å². The van der Waals surface area contributed by atoms with Gasteiger partial charge in [-0.25, -0.2) is 0 Å². The van der Waals surface area contributed by atoms with Gasteiger partial charge in [-0.3, -0.25) is 39.9 Å². The van der Waals surface area contributed by atoms with Crippen LogP contribution < -0.4 is 0 Å². The molecule has 0 bridgehead atoms. The number of rotatable bonds is 32. The normalized spacial score (nSPS) is 19.4. The molecule has 0 aliphatic heterocycles. The highest BCUT2D eigenvalue weighted by Gasteiger charge is 2.33. The Hall–Kier alpha value is -4.88. The molecule has 0 aliphatic carbocycles. The summed E-state index contributed by atoms with van der Waals surface area (Å²) in [6.45, 7) is -5.71. The van der Waals surface area contributed by atoms with Gasteiger partial charge in [-0.15, -0.1) is 0 Å². The number of aliphatic hydroxyl groups is 30. The molecule has 4 aromatic rings. The third kappa shape index (κ3) is 24.9. The van der Waals surface area contributed by atoms with Gasteiger partial charge in [-0.2, -0.15) is 0 Å². The summed E-state index contributed by atoms with van der Waals surface area (Å²) >= 11 is 0. The van der Waals surface area contributed by atoms with Crippen LogP contribution >= 0.6 is 0 Å². The van der Waals surface area contributed by atoms with Gasteiger partial charge in [0.1, 0.15) is 122 Å². The number of hydrogen-bond acceptors (Lipinski definition) is 38. The molecule has 0 aliphatic rings. The predicted octanol–water partition coefficient (Wildman–Crippen LogP) is -15.1. The van der Waals surface area contributed by atoms with Crippen LogP contribution in [0.3, 0.4) is 0 Å². The lowest BCUT2D eigenvalue weighted by molar-refractivity contribution is -0.0808. The fraction of sp³-hybridized carbons (Fsp3) is 0.667. The lowest BCUT2D eigenvalue weighted by Crippen LogP contribution is -2.36. The number of aromatic nitrogens is 8. The van der Waals surface area contributed by atoms with Gasteiger partial charge in [-0.1, -0.05) is 0 Å². The van der Waals surface area contributed by atoms with E-state index in [0.717, 1.165) is 37.2 Å². The first-order valence-electron chi connectivity index (χ1n) is 25.6. The fourth-order valence-corrected chi connectivity index (χ4v) is 6.54. The fourth-order valence-electron chi connectivity index (χ4n) is 6.54. The van der Waals surface area contributed by atoms with Crippen molar-refractivity contribution in [3.63, 3.8) is 0 Å². The SMILES string of the molecule is OC[C@@H](O)[C@@H](O)[C@H](O)c1cncc(C[C@@H](O)[C@H](O)CO)n1.OC[C@@H](O)[C@H](O)[C@H](O)c1cnc([C@@H](O)[C@@H](O)[C@H](O)CO)cn1.OC[C@H](O)[C@@H](O)[C@H](O)c1cnc([C@@H](O)[C@H](O)[C@@H](O)CO)cn1.OC[C@H](O)[C@@H](O)[C@H](O)c1cncc(C[C@H](O)[C@@H](O)CO)n1. The lowest BCUT2D eigenvalue weighted by atomic mass is 10.0. The maximum atomic E-state index is 9.83. The molecule has 0 unspecified atom stereocenters. The first-order chi connectivity index (χ1) is 40.5. The molecule has 492 valence electrons. The molecule has 0 spiro atoms. The summed E-state index contributed by atoms with van der Waals surface area (Å²) in [4.78, 5) is 30.4. The summed E-state index contributed by atoms with van der Waals surface area (Å²) in [5.74, 6) is 0. The first-order valence-corrected chi connectivity index (χ1v) is 25.6. The molecule has 0 fully saturated rings. The van der Waals surface area contributed by atoms with Crippen molar-refractivity contribution in [1.29, 1.82) is 0 Å². The van der Waals surface area contributed by atoms with Crippen molar-refractivity contribution in [3.8, 4) is 0 Å². The molecule has 0 saturated carbocycles. The zero-order valence-corrected chi connectivity index (χ0v) is 45.4. The molecule has 0 amide bonds. The Morgan fingerprint density at radius 2 is 0.407 bits per heavy atom. The van der Waals surface area contributed by atoms with Crippen LogP contribution in [0.2, 0.25) is 0 Å². The van der Waals surface area contributed by atoms with Crippen molar-refractivity contribution >= 4 is 0 Å². The zero-order chi connectivity index (χ0) is 65.7. The second-order valence-electron chi connectivity index (χ2n) is 18.8. The highest BCUT2D eigenvalue weighted by atomic mass is 16.4. The molecule has 4 heterocycles. The molecular formula is C48H80N8O30. The van der Waals surface area contributed by atoms with E-state index in [-0.39, 0.29) is 58.4 Å². The monoisotopic (exact) mass is 1250 g/mol. The van der Waals surface area contributed by atoms with E-state index in [9.17, 15) is 112 Å². The Labute approximate surface area is 487 Å². The Kier molecular flexibility index (Phi) is 37.4. The second-order valence-corrected chi connectivity index (χ2v) is 18.8. The topological polar surface area (TPSA) is 710 Å². The second kappa shape index (κ2) is 40.6. The first kappa shape index (κ1) is 79.1. The van der Waals surface area contributed by atoms with Crippen molar-refractivity contribution < 1.29 is 153 Å². The van der Waals surface area contributed by atoms with Crippen LogP contribution in [0.4, 0.5) is 0 Å². The van der Waals surface area contributed by atoms with E-state index in [1.807, 2.05) is 0 Å². The van der Waals surface area contributed by atoms with Crippen LogP contribution in [0.25, 0.3) is 0 Å². The predicted molar refractivity (Wildman–Crippen MR) is 278 cm³/mol. The average Bonchev–Trinajstić information content (AvgIpc) is 3.11. The van der Waals surface area contributed by atoms with Crippen molar-refractivity contribution in [2.45, 2.75) is 147 Å². The third-order valence-corrected chi connectivity index (χ3v) is 12.1. The summed E-state index contributed by atoms with van der Waals surface area (Å²) in [7, 11) is 0. The zero-order valence-electron chi connectivity index (χ0n) is 45.4. The van der Waals surface area contributed by atoms with Gasteiger partial charge < -0.3 is 153 Å². The molecule has 0 radical (unpaired) electrons. The van der Waals surface area contributed by atoms with Crippen molar-refractivity contribution in [2.24, 2.45) is 0 Å². The summed E-state index contributed by atoms with van der Waals surface area (Å²) < 4.78 is 0. The van der Waals surface area contributed by atoms with Crippen LogP contribution in [0.1, 0.15) is 82.2 Å². The minimum Gasteiger partial charge on any atom is -0.394 e. The maximum Gasteiger partial charge on any atom is 0.126 e. The minimum atomic E-state index is -1.68. The van der Waals surface area contributed by atoms with E-state index in [4.69, 9.17) is 40.9 Å². The largest absolute Gasteiger partial charge is 0.394 e. The summed E-state index contributed by atoms with van der Waals surface area (Å²) in [6.07, 6.45) is -25.5. The van der Waals surface area contributed by atoms with E-state index in [2.05, 4.69) is 39.9 Å². The molecule has 38 nitrogen and oxygen atoms in total. The molecular weight excluding hydrogens is 1170 g/mol. The van der Waals surface area contributed by atoms with Gasteiger partial charge >= 0.3 is 0 Å². The van der Waals surface area contributed by atoms with Crippen molar-refractivity contribution in [3.05, 3.63) is 95.1 Å². The minimum absolute atomic E-state index is 0.0572. The molecule has 0 aromatic carbocycles. The third-order valence-electron chi connectivity index (χ3n) is 12.1. The van der Waals surface area contributed by atoms with Crippen molar-refractivity contribution in [2.75, 3.05) is 52.9 Å². The van der Waals surface area contributed by atoms with Crippen molar-refractivity contribution in [1.82, 2.24) is 39.9 Å². The number of hydrogen-bond donors (Lipinski definition) is 30. The highest BCUT2D eigenvalue weighted by Crippen LogP contribution is 2.23. The Morgan fingerprint density at radius 1 is 0.221 bits per heavy atom. The van der Waals surface area contributed by atoms with Crippen LogP contribution in [0.5, 0.6) is 0 Å². The maximum absolute atomic E-state index is 9.83. The van der Waals surface area contributed by atoms with Gasteiger partial charge in [0.05, 0.1) is 148 Å². The molecule has 30 N–H and O–H groups in total. The summed E-state index contributed by atoms with van der Waals surface area (Å²) in [6, 6.07) is 0. The average molecular weight is 1250 g/mol. The molecule has 22 atom stereocenters. The van der Waals surface area contributed by atoms with Gasteiger partial charge in [-0.05, 0) is 0 Å². The molecule has 0 saturated heterocycles. The number of nitrogens with zero attached hydrogens (tertiary/aromatic N) is 8. The molecule has 86 heavy (non-hydrogen) atoms. The molecule has 38 heteroatoms. The van der Waals surface area contributed by atoms with E-state index < -0.39 is 187 Å². The van der Waals surface area contributed by atoms with Gasteiger partial charge in [0.2, 0.25) is 0 Å². The van der Waals surface area contributed by atoms with Gasteiger partial charge in [0.25, 0.3) is 0 Å². The van der Waals surface area contributed by atoms with Crippen LogP contribution in [0.15, 0.2) is 49.6 Å². The Morgan fingerprint density at radius 3 is 0.581 bits per heavy atom. The smallest absolute Gasteiger partial charge is 0.126 e. The van der Waals surface area contributed by atoms with Gasteiger partial charge in [0, 0.05) is 25.2 Å².